The number of carbonyl (C=O) groups is 1. The second-order valence-corrected chi connectivity index (χ2v) is 9.39. The Morgan fingerprint density at radius 1 is 0.941 bits per heavy atom. The van der Waals surface area contributed by atoms with Gasteiger partial charge in [0.2, 0.25) is 5.91 Å². The van der Waals surface area contributed by atoms with Crippen LogP contribution >= 0.6 is 0 Å². The van der Waals surface area contributed by atoms with Crippen LogP contribution in [0.25, 0.3) is 12.2 Å². The van der Waals surface area contributed by atoms with Crippen LogP contribution in [0.15, 0.2) is 91.0 Å². The van der Waals surface area contributed by atoms with Crippen LogP contribution in [0, 0.1) is 17.8 Å². The van der Waals surface area contributed by atoms with E-state index in [2.05, 4.69) is 72.5 Å². The van der Waals surface area contributed by atoms with E-state index in [-0.39, 0.29) is 23.8 Å². The summed E-state index contributed by atoms with van der Waals surface area (Å²) in [6.45, 7) is 2.81. The molecule has 1 aliphatic heterocycles. The van der Waals surface area contributed by atoms with Gasteiger partial charge in [-0.2, -0.15) is 0 Å². The smallest absolute Gasteiger partial charge is 0.227 e. The number of fused-ring (bicyclic) bond motifs is 1. The molecule has 0 bridgehead atoms. The SMILES string of the molecule is COc1ccc(/C=C/c2ccccc2)cc1[C@H]1[C@@H]2C=CC[C@H](C)[C@H]2C(=O)N1Cc1ccccc1. The molecule has 5 rings (SSSR count). The van der Waals surface area contributed by atoms with Gasteiger partial charge in [0.15, 0.2) is 0 Å². The number of methoxy groups -OCH3 is 1. The van der Waals surface area contributed by atoms with Crippen molar-refractivity contribution in [3.05, 3.63) is 113 Å². The van der Waals surface area contributed by atoms with E-state index in [0.717, 1.165) is 34.4 Å². The van der Waals surface area contributed by atoms with E-state index in [9.17, 15) is 4.79 Å². The summed E-state index contributed by atoms with van der Waals surface area (Å²) in [6.07, 6.45) is 9.73. The van der Waals surface area contributed by atoms with E-state index >= 15 is 0 Å². The lowest BCUT2D eigenvalue weighted by atomic mass is 9.75. The van der Waals surface area contributed by atoms with Gasteiger partial charge in [-0.25, -0.2) is 0 Å². The molecule has 1 aliphatic carbocycles. The molecule has 3 aromatic carbocycles. The van der Waals surface area contributed by atoms with E-state index in [1.807, 2.05) is 42.5 Å². The molecule has 0 saturated carbocycles. The normalized spacial score (nSPS) is 23.9. The summed E-state index contributed by atoms with van der Waals surface area (Å²) < 4.78 is 5.83. The number of nitrogens with zero attached hydrogens (tertiary/aromatic N) is 1. The first-order chi connectivity index (χ1) is 16.7. The molecule has 1 amide bonds. The molecule has 3 nitrogen and oxygen atoms in total. The first kappa shape index (κ1) is 22.2. The predicted molar refractivity (Wildman–Crippen MR) is 138 cm³/mol. The van der Waals surface area contributed by atoms with Crippen LogP contribution in [-0.4, -0.2) is 17.9 Å². The number of ether oxygens (including phenoxy) is 1. The zero-order valence-electron chi connectivity index (χ0n) is 19.8. The van der Waals surface area contributed by atoms with Crippen molar-refractivity contribution in [2.24, 2.45) is 17.8 Å². The molecular weight excluding hydrogens is 418 g/mol. The highest BCUT2D eigenvalue weighted by Gasteiger charge is 2.50. The third-order valence-corrected chi connectivity index (χ3v) is 7.20. The van der Waals surface area contributed by atoms with Crippen molar-refractivity contribution < 1.29 is 9.53 Å². The van der Waals surface area contributed by atoms with E-state index in [0.29, 0.717) is 12.5 Å². The Kier molecular flexibility index (Phi) is 6.35. The van der Waals surface area contributed by atoms with Crippen molar-refractivity contribution in [1.82, 2.24) is 4.90 Å². The Hall–Kier alpha value is -3.59. The first-order valence-electron chi connectivity index (χ1n) is 12.1. The molecule has 4 atom stereocenters. The fourth-order valence-electron chi connectivity index (χ4n) is 5.52. The minimum Gasteiger partial charge on any atom is -0.496 e. The monoisotopic (exact) mass is 449 g/mol. The van der Waals surface area contributed by atoms with E-state index in [1.54, 1.807) is 7.11 Å². The van der Waals surface area contributed by atoms with Gasteiger partial charge in [-0.3, -0.25) is 4.79 Å². The second kappa shape index (κ2) is 9.72. The molecule has 0 aromatic heterocycles. The Morgan fingerprint density at radius 3 is 2.38 bits per heavy atom. The molecule has 0 radical (unpaired) electrons. The molecule has 1 saturated heterocycles. The summed E-state index contributed by atoms with van der Waals surface area (Å²) in [5, 5.41) is 0. The van der Waals surface area contributed by atoms with Gasteiger partial charge in [0.25, 0.3) is 0 Å². The summed E-state index contributed by atoms with van der Waals surface area (Å²) in [4.78, 5) is 15.9. The van der Waals surface area contributed by atoms with Gasteiger partial charge in [-0.05, 0) is 41.2 Å². The maximum atomic E-state index is 13.8. The summed E-state index contributed by atoms with van der Waals surface area (Å²) >= 11 is 0. The van der Waals surface area contributed by atoms with Crippen LogP contribution in [0.1, 0.15) is 41.6 Å². The minimum atomic E-state index is -0.0586. The van der Waals surface area contributed by atoms with Gasteiger partial charge in [0, 0.05) is 23.9 Å². The zero-order chi connectivity index (χ0) is 23.5. The lowest BCUT2D eigenvalue weighted by Crippen LogP contribution is -2.30. The van der Waals surface area contributed by atoms with E-state index in [4.69, 9.17) is 4.74 Å². The van der Waals surface area contributed by atoms with Gasteiger partial charge >= 0.3 is 0 Å². The number of allylic oxidation sites excluding steroid dienone is 1. The minimum absolute atomic E-state index is 0.00642. The van der Waals surface area contributed by atoms with Gasteiger partial charge in [-0.1, -0.05) is 98.0 Å². The molecule has 3 heteroatoms. The molecule has 34 heavy (non-hydrogen) atoms. The predicted octanol–water partition coefficient (Wildman–Crippen LogP) is 6.78. The second-order valence-electron chi connectivity index (χ2n) is 9.39. The highest BCUT2D eigenvalue weighted by Crippen LogP contribution is 2.50. The average molecular weight is 450 g/mol. The van der Waals surface area contributed by atoms with Gasteiger partial charge in [-0.15, -0.1) is 0 Å². The number of hydrogen-bond acceptors (Lipinski definition) is 2. The Bertz CT molecular complexity index is 1200. The largest absolute Gasteiger partial charge is 0.496 e. The van der Waals surface area contributed by atoms with Crippen LogP contribution < -0.4 is 4.74 Å². The molecule has 172 valence electrons. The van der Waals surface area contributed by atoms with Crippen molar-refractivity contribution in [3.8, 4) is 5.75 Å². The lowest BCUT2D eigenvalue weighted by Gasteiger charge is -2.30. The van der Waals surface area contributed by atoms with E-state index in [1.165, 1.54) is 0 Å². The molecular formula is C31H31NO2. The number of carbonyl (C=O) groups excluding carboxylic acids is 1. The maximum Gasteiger partial charge on any atom is 0.227 e. The number of hydrogen-bond donors (Lipinski definition) is 0. The van der Waals surface area contributed by atoms with Crippen LogP contribution in [0.4, 0.5) is 0 Å². The van der Waals surface area contributed by atoms with Gasteiger partial charge in [0.05, 0.1) is 13.2 Å². The van der Waals surface area contributed by atoms with Gasteiger partial charge in [0.1, 0.15) is 5.75 Å². The molecule has 0 N–H and O–H groups in total. The third-order valence-electron chi connectivity index (χ3n) is 7.20. The van der Waals surface area contributed by atoms with Crippen LogP contribution in [-0.2, 0) is 11.3 Å². The fraction of sp³-hybridized carbons (Fsp3) is 0.258. The number of benzene rings is 3. The van der Waals surface area contributed by atoms with E-state index < -0.39 is 0 Å². The van der Waals surface area contributed by atoms with Crippen LogP contribution in [0.2, 0.25) is 0 Å². The molecule has 1 heterocycles. The average Bonchev–Trinajstić information content (AvgIpc) is 3.16. The van der Waals surface area contributed by atoms with Crippen LogP contribution in [0.3, 0.4) is 0 Å². The summed E-state index contributed by atoms with van der Waals surface area (Å²) in [5.74, 6) is 1.56. The van der Waals surface area contributed by atoms with Crippen molar-refractivity contribution in [1.29, 1.82) is 0 Å². The lowest BCUT2D eigenvalue weighted by molar-refractivity contribution is -0.134. The topological polar surface area (TPSA) is 29.5 Å². The van der Waals surface area contributed by atoms with Crippen molar-refractivity contribution >= 4 is 18.1 Å². The fourth-order valence-corrected chi connectivity index (χ4v) is 5.52. The Balaban J connectivity index is 1.56. The molecule has 1 fully saturated rings. The molecule has 0 spiro atoms. The number of rotatable bonds is 6. The molecule has 2 aliphatic rings. The number of amides is 1. The first-order valence-corrected chi connectivity index (χ1v) is 12.1. The number of likely N-dealkylation sites (tertiary alicyclic amines) is 1. The standard InChI is InChI=1S/C31H31NO2/c1-22-10-9-15-26-29(22)31(33)32(21-25-13-7-4-8-14-25)30(26)27-20-24(18-19-28(27)34-2)17-16-23-11-5-3-6-12-23/h3-9,11-20,22,26,29-30H,10,21H2,1-2H3/b17-16+/t22-,26+,29+,30+/m0/s1. The van der Waals surface area contributed by atoms with Crippen molar-refractivity contribution in [2.45, 2.75) is 25.9 Å². The molecule has 3 aromatic rings. The van der Waals surface area contributed by atoms with Crippen molar-refractivity contribution in [3.63, 3.8) is 0 Å². The highest BCUT2D eigenvalue weighted by atomic mass is 16.5. The zero-order valence-corrected chi connectivity index (χ0v) is 19.8. The summed E-state index contributed by atoms with van der Waals surface area (Å²) in [6, 6.07) is 26.8. The Labute approximate surface area is 202 Å². The highest BCUT2D eigenvalue weighted by molar-refractivity contribution is 5.84. The van der Waals surface area contributed by atoms with Crippen molar-refractivity contribution in [2.75, 3.05) is 7.11 Å². The van der Waals surface area contributed by atoms with Gasteiger partial charge < -0.3 is 9.64 Å². The molecule has 0 unspecified atom stereocenters. The van der Waals surface area contributed by atoms with Crippen LogP contribution in [0.5, 0.6) is 5.75 Å². The summed E-state index contributed by atoms with van der Waals surface area (Å²) in [7, 11) is 1.72. The third kappa shape index (κ3) is 4.31. The maximum absolute atomic E-state index is 13.8. The quantitative estimate of drug-likeness (QED) is 0.307. The Morgan fingerprint density at radius 2 is 1.65 bits per heavy atom. The summed E-state index contributed by atoms with van der Waals surface area (Å²) in [5.41, 5.74) is 4.48.